The number of para-hydroxylation sites is 1. The van der Waals surface area contributed by atoms with Gasteiger partial charge >= 0.3 is 5.37 Å². The number of amides is 1. The number of carbonyl (C=O) groups is 1. The highest BCUT2D eigenvalue weighted by atomic mass is 35.5. The lowest BCUT2D eigenvalue weighted by molar-refractivity contribution is 0.263. The minimum Gasteiger partial charge on any atom is -0.299 e. The van der Waals surface area contributed by atoms with Crippen LogP contribution in [0.5, 0.6) is 0 Å². The molecule has 1 aromatic rings. The molecule has 0 aromatic heterocycles. The fourth-order valence-corrected chi connectivity index (χ4v) is 2.11. The average molecular weight is 210 g/mol. The van der Waals surface area contributed by atoms with E-state index in [-0.39, 0.29) is 5.37 Å². The Bertz CT molecular complexity index is 364. The molecule has 0 unspecified atom stereocenters. The zero-order chi connectivity index (χ0) is 10.1. The van der Waals surface area contributed by atoms with Crippen molar-refractivity contribution in [2.45, 2.75) is 19.3 Å². The molecule has 1 heterocycles. The van der Waals surface area contributed by atoms with Gasteiger partial charge in [0.25, 0.3) is 0 Å². The maximum atomic E-state index is 11.2. The van der Waals surface area contributed by atoms with Crippen LogP contribution >= 0.6 is 11.6 Å². The Morgan fingerprint density at radius 1 is 1.50 bits per heavy atom. The normalized spacial score (nSPS) is 20.4. The van der Waals surface area contributed by atoms with Crippen molar-refractivity contribution in [1.82, 2.24) is 0 Å². The van der Waals surface area contributed by atoms with E-state index in [0.717, 1.165) is 18.7 Å². The Hall–Kier alpha value is -1.02. The van der Waals surface area contributed by atoms with Gasteiger partial charge in [0.2, 0.25) is 0 Å². The summed E-state index contributed by atoms with van der Waals surface area (Å²) in [6.07, 6.45) is 0.982. The van der Waals surface area contributed by atoms with E-state index in [4.69, 9.17) is 11.6 Å². The first kappa shape index (κ1) is 9.53. The van der Waals surface area contributed by atoms with Crippen molar-refractivity contribution < 1.29 is 4.79 Å². The minimum absolute atomic E-state index is 0.385. The van der Waals surface area contributed by atoms with Gasteiger partial charge in [-0.05, 0) is 35.6 Å². The predicted octanol–water partition coefficient (Wildman–Crippen LogP) is 3.36. The van der Waals surface area contributed by atoms with Gasteiger partial charge < -0.3 is 0 Å². The SMILES string of the molecule is C[C@H]1CCN(C(=O)Cl)c2ccccc21. The standard InChI is InChI=1S/C11H12ClNO/c1-8-6-7-13(11(12)14)10-5-3-2-4-9(8)10/h2-5,8H,6-7H2,1H3/t8-/m0/s1. The molecular weight excluding hydrogens is 198 g/mol. The van der Waals surface area contributed by atoms with E-state index in [1.807, 2.05) is 18.2 Å². The van der Waals surface area contributed by atoms with Crippen molar-refractivity contribution in [2.75, 3.05) is 11.4 Å². The van der Waals surface area contributed by atoms with Gasteiger partial charge in [0, 0.05) is 12.2 Å². The molecule has 2 nitrogen and oxygen atoms in total. The van der Waals surface area contributed by atoms with E-state index in [9.17, 15) is 4.79 Å². The Balaban J connectivity index is 2.46. The van der Waals surface area contributed by atoms with Crippen LogP contribution in [0.2, 0.25) is 0 Å². The molecule has 1 aliphatic rings. The molecule has 0 aliphatic carbocycles. The monoisotopic (exact) mass is 209 g/mol. The highest BCUT2D eigenvalue weighted by Gasteiger charge is 2.24. The molecule has 0 radical (unpaired) electrons. The second-order valence-electron chi connectivity index (χ2n) is 3.65. The Morgan fingerprint density at radius 2 is 2.21 bits per heavy atom. The zero-order valence-electron chi connectivity index (χ0n) is 8.03. The van der Waals surface area contributed by atoms with Crippen molar-refractivity contribution in [3.05, 3.63) is 29.8 Å². The lowest BCUT2D eigenvalue weighted by Crippen LogP contribution is -2.32. The summed E-state index contributed by atoms with van der Waals surface area (Å²) in [6, 6.07) is 7.94. The molecule has 0 N–H and O–H groups in total. The van der Waals surface area contributed by atoms with E-state index in [1.165, 1.54) is 5.56 Å². The van der Waals surface area contributed by atoms with Gasteiger partial charge in [0.1, 0.15) is 0 Å². The zero-order valence-corrected chi connectivity index (χ0v) is 8.79. The summed E-state index contributed by atoms with van der Waals surface area (Å²) in [5.74, 6) is 0.512. The van der Waals surface area contributed by atoms with Crippen LogP contribution in [0.1, 0.15) is 24.8 Å². The summed E-state index contributed by atoms with van der Waals surface area (Å²) in [6.45, 7) is 2.90. The van der Waals surface area contributed by atoms with E-state index >= 15 is 0 Å². The van der Waals surface area contributed by atoms with Crippen molar-refractivity contribution in [2.24, 2.45) is 0 Å². The quantitative estimate of drug-likeness (QED) is 0.474. The van der Waals surface area contributed by atoms with Crippen LogP contribution in [0.25, 0.3) is 0 Å². The molecule has 1 aliphatic heterocycles. The second-order valence-corrected chi connectivity index (χ2v) is 3.98. The second kappa shape index (κ2) is 3.62. The molecule has 1 amide bonds. The lowest BCUT2D eigenvalue weighted by atomic mass is 9.92. The maximum absolute atomic E-state index is 11.2. The smallest absolute Gasteiger partial charge is 0.299 e. The molecule has 0 saturated heterocycles. The van der Waals surface area contributed by atoms with E-state index in [0.29, 0.717) is 5.92 Å². The topological polar surface area (TPSA) is 20.3 Å². The number of halogens is 1. The van der Waals surface area contributed by atoms with Crippen LogP contribution < -0.4 is 4.90 Å². The summed E-state index contributed by atoms with van der Waals surface area (Å²) in [4.78, 5) is 12.8. The van der Waals surface area contributed by atoms with Gasteiger partial charge in [-0.15, -0.1) is 0 Å². The van der Waals surface area contributed by atoms with Crippen LogP contribution in [-0.4, -0.2) is 11.9 Å². The molecule has 0 fully saturated rings. The fourth-order valence-electron chi connectivity index (χ4n) is 1.93. The van der Waals surface area contributed by atoms with Gasteiger partial charge in [-0.1, -0.05) is 25.1 Å². The first-order chi connectivity index (χ1) is 6.70. The summed E-state index contributed by atoms with van der Waals surface area (Å²) >= 11 is 5.52. The predicted molar refractivity (Wildman–Crippen MR) is 58.1 cm³/mol. The van der Waals surface area contributed by atoms with E-state index in [1.54, 1.807) is 4.90 Å². The molecular formula is C11H12ClNO. The molecule has 2 rings (SSSR count). The summed E-state index contributed by atoms with van der Waals surface area (Å²) < 4.78 is 0. The molecule has 0 saturated carbocycles. The van der Waals surface area contributed by atoms with Crippen LogP contribution in [0.15, 0.2) is 24.3 Å². The van der Waals surface area contributed by atoms with Gasteiger partial charge in [0.05, 0.1) is 0 Å². The highest BCUT2D eigenvalue weighted by molar-refractivity contribution is 6.66. The van der Waals surface area contributed by atoms with Crippen LogP contribution in [0, 0.1) is 0 Å². The third-order valence-corrected chi connectivity index (χ3v) is 2.96. The van der Waals surface area contributed by atoms with Gasteiger partial charge in [0.15, 0.2) is 0 Å². The van der Waals surface area contributed by atoms with Crippen molar-refractivity contribution in [1.29, 1.82) is 0 Å². The summed E-state index contributed by atoms with van der Waals surface area (Å²) in [5.41, 5.74) is 2.18. The Kier molecular flexibility index (Phi) is 2.46. The van der Waals surface area contributed by atoms with Gasteiger partial charge in [-0.3, -0.25) is 9.69 Å². The number of nitrogens with zero attached hydrogens (tertiary/aromatic N) is 1. The van der Waals surface area contributed by atoms with Crippen molar-refractivity contribution >= 4 is 22.7 Å². The first-order valence-corrected chi connectivity index (χ1v) is 5.14. The maximum Gasteiger partial charge on any atom is 0.320 e. The van der Waals surface area contributed by atoms with Crippen LogP contribution in [-0.2, 0) is 0 Å². The van der Waals surface area contributed by atoms with Gasteiger partial charge in [-0.2, -0.15) is 0 Å². The first-order valence-electron chi connectivity index (χ1n) is 4.76. The molecule has 74 valence electrons. The van der Waals surface area contributed by atoms with Crippen LogP contribution in [0.3, 0.4) is 0 Å². The number of carbonyl (C=O) groups excluding carboxylic acids is 1. The molecule has 0 spiro atoms. The number of rotatable bonds is 0. The third-order valence-electron chi connectivity index (χ3n) is 2.76. The molecule has 0 bridgehead atoms. The molecule has 3 heteroatoms. The molecule has 14 heavy (non-hydrogen) atoms. The van der Waals surface area contributed by atoms with Crippen molar-refractivity contribution in [3.8, 4) is 0 Å². The Labute approximate surface area is 88.5 Å². The number of benzene rings is 1. The number of hydrogen-bond acceptors (Lipinski definition) is 1. The largest absolute Gasteiger partial charge is 0.320 e. The van der Waals surface area contributed by atoms with E-state index < -0.39 is 0 Å². The average Bonchev–Trinajstić information content (AvgIpc) is 2.18. The summed E-state index contributed by atoms with van der Waals surface area (Å²) in [5, 5.41) is -0.385. The number of hydrogen-bond donors (Lipinski definition) is 0. The number of anilines is 1. The van der Waals surface area contributed by atoms with Crippen LogP contribution in [0.4, 0.5) is 10.5 Å². The minimum atomic E-state index is -0.385. The lowest BCUT2D eigenvalue weighted by Gasteiger charge is -2.31. The van der Waals surface area contributed by atoms with E-state index in [2.05, 4.69) is 13.0 Å². The third kappa shape index (κ3) is 1.50. The molecule has 1 aromatic carbocycles. The molecule has 1 atom stereocenters. The van der Waals surface area contributed by atoms with Crippen molar-refractivity contribution in [3.63, 3.8) is 0 Å². The number of fused-ring (bicyclic) bond motifs is 1. The Morgan fingerprint density at radius 3 is 2.93 bits per heavy atom. The highest BCUT2D eigenvalue weighted by Crippen LogP contribution is 2.35. The van der Waals surface area contributed by atoms with Gasteiger partial charge in [-0.25, -0.2) is 0 Å². The summed E-state index contributed by atoms with van der Waals surface area (Å²) in [7, 11) is 0. The fraction of sp³-hybridized carbons (Fsp3) is 0.364.